The fourth-order valence-corrected chi connectivity index (χ4v) is 3.36. The largest absolute Gasteiger partial charge is 0.381 e. The number of aromatic nitrogens is 1. The van der Waals surface area contributed by atoms with E-state index in [4.69, 9.17) is 0 Å². The molecule has 2 N–H and O–H groups in total. The molecule has 4 aromatic rings. The maximum Gasteiger partial charge on any atom is 0.126 e. The van der Waals surface area contributed by atoms with Crippen LogP contribution in [0.1, 0.15) is 27.8 Å². The summed E-state index contributed by atoms with van der Waals surface area (Å²) in [5.74, 6) is 0.899. The lowest BCUT2D eigenvalue weighted by Gasteiger charge is -2.10. The quantitative estimate of drug-likeness (QED) is 0.374. The number of benzene rings is 3. The number of aryl methyl sites for hydroxylation is 1. The van der Waals surface area contributed by atoms with Gasteiger partial charge in [-0.05, 0) is 53.8 Å². The van der Waals surface area contributed by atoms with Gasteiger partial charge >= 0.3 is 0 Å². The van der Waals surface area contributed by atoms with Crippen molar-refractivity contribution >= 4 is 11.5 Å². The van der Waals surface area contributed by atoms with Crippen molar-refractivity contribution in [2.45, 2.75) is 26.4 Å². The summed E-state index contributed by atoms with van der Waals surface area (Å²) in [6.07, 6.45) is 2.83. The van der Waals surface area contributed by atoms with Crippen molar-refractivity contribution in [2.24, 2.45) is 0 Å². The Hall–Kier alpha value is -3.59. The molecule has 3 heteroatoms. The highest BCUT2D eigenvalue weighted by molar-refractivity contribution is 5.47. The molecule has 0 spiro atoms. The average Bonchev–Trinajstić information content (AvgIpc) is 2.79. The highest BCUT2D eigenvalue weighted by Gasteiger charge is 2.01. The fourth-order valence-electron chi connectivity index (χ4n) is 3.36. The van der Waals surface area contributed by atoms with Gasteiger partial charge in [-0.15, -0.1) is 0 Å². The van der Waals surface area contributed by atoms with Crippen molar-refractivity contribution in [3.63, 3.8) is 0 Å². The summed E-state index contributed by atoms with van der Waals surface area (Å²) in [5, 5.41) is 6.90. The lowest BCUT2D eigenvalue weighted by Crippen LogP contribution is -2.02. The smallest absolute Gasteiger partial charge is 0.126 e. The van der Waals surface area contributed by atoms with Gasteiger partial charge in [-0.3, -0.25) is 0 Å². The first-order chi connectivity index (χ1) is 14.7. The Bertz CT molecular complexity index is 1060. The van der Waals surface area contributed by atoms with E-state index in [1.807, 2.05) is 12.3 Å². The number of rotatable bonds is 8. The summed E-state index contributed by atoms with van der Waals surface area (Å²) in [6.45, 7) is 3.72. The second-order valence-electron chi connectivity index (χ2n) is 7.61. The van der Waals surface area contributed by atoms with Crippen LogP contribution < -0.4 is 10.6 Å². The van der Waals surface area contributed by atoms with Crippen molar-refractivity contribution in [1.29, 1.82) is 0 Å². The molecule has 0 bridgehead atoms. The van der Waals surface area contributed by atoms with E-state index in [1.165, 1.54) is 27.8 Å². The molecule has 0 amide bonds. The number of hydrogen-bond donors (Lipinski definition) is 2. The van der Waals surface area contributed by atoms with Crippen molar-refractivity contribution in [3.05, 3.63) is 125 Å². The van der Waals surface area contributed by atoms with Crippen molar-refractivity contribution in [2.75, 3.05) is 10.6 Å². The molecule has 3 nitrogen and oxygen atoms in total. The molecule has 4 rings (SSSR count). The predicted octanol–water partition coefficient (Wildman–Crippen LogP) is 6.21. The molecule has 0 aliphatic carbocycles. The van der Waals surface area contributed by atoms with Crippen LogP contribution in [0.2, 0.25) is 0 Å². The molecule has 0 aliphatic rings. The van der Waals surface area contributed by atoms with E-state index >= 15 is 0 Å². The monoisotopic (exact) mass is 393 g/mol. The molecule has 1 aromatic heterocycles. The minimum absolute atomic E-state index is 0.780. The summed E-state index contributed by atoms with van der Waals surface area (Å²) in [6, 6.07) is 31.8. The Morgan fingerprint density at radius 2 is 1.33 bits per heavy atom. The van der Waals surface area contributed by atoms with Gasteiger partial charge in [0.2, 0.25) is 0 Å². The van der Waals surface area contributed by atoms with Crippen LogP contribution in [-0.2, 0) is 19.5 Å². The van der Waals surface area contributed by atoms with Crippen LogP contribution >= 0.6 is 0 Å². The molecule has 1 heterocycles. The van der Waals surface area contributed by atoms with Gasteiger partial charge in [-0.25, -0.2) is 4.98 Å². The Kier molecular flexibility index (Phi) is 6.41. The van der Waals surface area contributed by atoms with Crippen LogP contribution in [0.5, 0.6) is 0 Å². The van der Waals surface area contributed by atoms with Crippen molar-refractivity contribution < 1.29 is 0 Å². The summed E-state index contributed by atoms with van der Waals surface area (Å²) < 4.78 is 0. The van der Waals surface area contributed by atoms with Gasteiger partial charge in [0.25, 0.3) is 0 Å². The first kappa shape index (κ1) is 19.7. The van der Waals surface area contributed by atoms with E-state index in [9.17, 15) is 0 Å². The number of anilines is 2. The molecule has 3 aromatic carbocycles. The summed E-state index contributed by atoms with van der Waals surface area (Å²) >= 11 is 0. The standard InChI is InChI=1S/C27H27N3/c1-21-10-12-23(13-11-21)18-28-26-9-5-8-24(17-26)16-25-14-15-27(30-20-25)29-19-22-6-3-2-4-7-22/h2-15,17,20,28H,16,18-19H2,1H3,(H,29,30). The minimum Gasteiger partial charge on any atom is -0.381 e. The molecule has 0 radical (unpaired) electrons. The van der Waals surface area contributed by atoms with Gasteiger partial charge in [-0.1, -0.05) is 78.4 Å². The van der Waals surface area contributed by atoms with E-state index < -0.39 is 0 Å². The molecular formula is C27H27N3. The van der Waals surface area contributed by atoms with Gasteiger partial charge in [0.15, 0.2) is 0 Å². The zero-order valence-electron chi connectivity index (χ0n) is 17.3. The third-order valence-corrected chi connectivity index (χ3v) is 5.09. The van der Waals surface area contributed by atoms with E-state index in [-0.39, 0.29) is 0 Å². The lowest BCUT2D eigenvalue weighted by atomic mass is 10.1. The van der Waals surface area contributed by atoms with E-state index in [1.54, 1.807) is 0 Å². The van der Waals surface area contributed by atoms with E-state index in [2.05, 4.69) is 107 Å². The second-order valence-corrected chi connectivity index (χ2v) is 7.61. The highest BCUT2D eigenvalue weighted by atomic mass is 15.0. The molecular weight excluding hydrogens is 366 g/mol. The maximum atomic E-state index is 4.57. The number of hydrogen-bond acceptors (Lipinski definition) is 3. The average molecular weight is 394 g/mol. The fraction of sp³-hybridized carbons (Fsp3) is 0.148. The van der Waals surface area contributed by atoms with Crippen molar-refractivity contribution in [3.8, 4) is 0 Å². The SMILES string of the molecule is Cc1ccc(CNc2cccc(Cc3ccc(NCc4ccccc4)nc3)c2)cc1. The zero-order valence-corrected chi connectivity index (χ0v) is 17.3. The van der Waals surface area contributed by atoms with Gasteiger partial charge in [-0.2, -0.15) is 0 Å². The molecule has 0 saturated carbocycles. The minimum atomic E-state index is 0.780. The Balaban J connectivity index is 1.32. The van der Waals surface area contributed by atoms with Crippen LogP contribution in [0.3, 0.4) is 0 Å². The summed E-state index contributed by atoms with van der Waals surface area (Å²) in [4.78, 5) is 4.57. The summed E-state index contributed by atoms with van der Waals surface area (Å²) in [7, 11) is 0. The first-order valence-electron chi connectivity index (χ1n) is 10.4. The normalized spacial score (nSPS) is 10.6. The Morgan fingerprint density at radius 3 is 2.10 bits per heavy atom. The van der Waals surface area contributed by atoms with Crippen LogP contribution in [0.4, 0.5) is 11.5 Å². The first-order valence-corrected chi connectivity index (χ1v) is 10.4. The molecule has 0 saturated heterocycles. The van der Waals surface area contributed by atoms with Crippen LogP contribution in [-0.4, -0.2) is 4.98 Å². The van der Waals surface area contributed by atoms with Gasteiger partial charge < -0.3 is 10.6 Å². The van der Waals surface area contributed by atoms with Crippen LogP contribution in [0.15, 0.2) is 97.2 Å². The molecule has 30 heavy (non-hydrogen) atoms. The molecule has 0 fully saturated rings. The zero-order chi connectivity index (χ0) is 20.6. The van der Waals surface area contributed by atoms with Crippen LogP contribution in [0, 0.1) is 6.92 Å². The van der Waals surface area contributed by atoms with Crippen LogP contribution in [0.25, 0.3) is 0 Å². The third kappa shape index (κ3) is 5.71. The molecule has 0 unspecified atom stereocenters. The Morgan fingerprint density at radius 1 is 0.633 bits per heavy atom. The number of nitrogens with one attached hydrogen (secondary N) is 2. The Labute approximate surface area is 178 Å². The molecule has 150 valence electrons. The highest BCUT2D eigenvalue weighted by Crippen LogP contribution is 2.17. The van der Waals surface area contributed by atoms with E-state index in [0.717, 1.165) is 31.0 Å². The number of pyridine rings is 1. The van der Waals surface area contributed by atoms with Gasteiger partial charge in [0.1, 0.15) is 5.82 Å². The second kappa shape index (κ2) is 9.75. The van der Waals surface area contributed by atoms with Gasteiger partial charge in [0, 0.05) is 25.0 Å². The number of nitrogens with zero attached hydrogens (tertiary/aromatic N) is 1. The topological polar surface area (TPSA) is 37.0 Å². The maximum absolute atomic E-state index is 4.57. The third-order valence-electron chi connectivity index (χ3n) is 5.09. The van der Waals surface area contributed by atoms with E-state index in [0.29, 0.717) is 0 Å². The van der Waals surface area contributed by atoms with Crippen molar-refractivity contribution in [1.82, 2.24) is 4.98 Å². The molecule has 0 atom stereocenters. The summed E-state index contributed by atoms with van der Waals surface area (Å²) in [5.41, 5.74) is 7.44. The lowest BCUT2D eigenvalue weighted by molar-refractivity contribution is 1.09. The predicted molar refractivity (Wildman–Crippen MR) is 126 cm³/mol. The van der Waals surface area contributed by atoms with Gasteiger partial charge in [0.05, 0.1) is 0 Å². The molecule has 0 aliphatic heterocycles.